The lowest BCUT2D eigenvalue weighted by Crippen LogP contribution is -2.15. The lowest BCUT2D eigenvalue weighted by Gasteiger charge is -2.17. The Balaban J connectivity index is 2.07. The summed E-state index contributed by atoms with van der Waals surface area (Å²) in [6, 6.07) is 5.77. The van der Waals surface area contributed by atoms with Crippen LogP contribution in [0, 0.1) is 11.3 Å². The van der Waals surface area contributed by atoms with Crippen LogP contribution in [0.4, 0.5) is 0 Å². The molecule has 2 heterocycles. The summed E-state index contributed by atoms with van der Waals surface area (Å²) >= 11 is 0. The quantitative estimate of drug-likeness (QED) is 0.772. The third-order valence-corrected chi connectivity index (χ3v) is 2.61. The highest BCUT2D eigenvalue weighted by Crippen LogP contribution is 2.33. The van der Waals surface area contributed by atoms with Gasteiger partial charge in [-0.1, -0.05) is 5.21 Å². The highest BCUT2D eigenvalue weighted by molar-refractivity contribution is 5.79. The molecular formula is C11H10N4O2. The minimum Gasteiger partial charge on any atom is -0.486 e. The topological polar surface area (TPSA) is 73.0 Å². The van der Waals surface area contributed by atoms with Crippen LogP contribution in [0.15, 0.2) is 12.1 Å². The molecule has 0 radical (unpaired) electrons. The summed E-state index contributed by atoms with van der Waals surface area (Å²) in [6.07, 6.45) is 0.410. The van der Waals surface area contributed by atoms with E-state index in [9.17, 15) is 0 Å². The second-order valence-electron chi connectivity index (χ2n) is 3.71. The van der Waals surface area contributed by atoms with Crippen molar-refractivity contribution < 1.29 is 9.47 Å². The second-order valence-corrected chi connectivity index (χ2v) is 3.71. The number of hydrogen-bond donors (Lipinski definition) is 0. The molecule has 0 aliphatic carbocycles. The minimum atomic E-state index is 0.410. The van der Waals surface area contributed by atoms with E-state index >= 15 is 0 Å². The van der Waals surface area contributed by atoms with Crippen molar-refractivity contribution in [3.05, 3.63) is 12.1 Å². The largest absolute Gasteiger partial charge is 0.486 e. The average Bonchev–Trinajstić information content (AvgIpc) is 2.76. The molecule has 0 atom stereocenters. The maximum Gasteiger partial charge on any atom is 0.163 e. The molecule has 0 saturated heterocycles. The van der Waals surface area contributed by atoms with E-state index < -0.39 is 0 Å². The van der Waals surface area contributed by atoms with Crippen LogP contribution in [0.2, 0.25) is 0 Å². The van der Waals surface area contributed by atoms with Crippen LogP contribution >= 0.6 is 0 Å². The molecule has 3 rings (SSSR count). The fourth-order valence-electron chi connectivity index (χ4n) is 1.83. The van der Waals surface area contributed by atoms with E-state index in [0.29, 0.717) is 37.7 Å². The Bertz CT molecular complexity index is 599. The Morgan fingerprint density at radius 2 is 2.06 bits per heavy atom. The zero-order valence-corrected chi connectivity index (χ0v) is 9.09. The van der Waals surface area contributed by atoms with E-state index in [2.05, 4.69) is 16.4 Å². The highest BCUT2D eigenvalue weighted by atomic mass is 16.6. The smallest absolute Gasteiger partial charge is 0.163 e. The van der Waals surface area contributed by atoms with Crippen molar-refractivity contribution in [2.45, 2.75) is 13.0 Å². The van der Waals surface area contributed by atoms with Gasteiger partial charge in [-0.2, -0.15) is 5.26 Å². The van der Waals surface area contributed by atoms with Crippen LogP contribution in [-0.2, 0) is 6.54 Å². The molecule has 0 spiro atoms. The first kappa shape index (κ1) is 9.90. The van der Waals surface area contributed by atoms with Crippen LogP contribution in [0.5, 0.6) is 11.5 Å². The predicted molar refractivity (Wildman–Crippen MR) is 58.7 cm³/mol. The number of aryl methyl sites for hydroxylation is 1. The number of nitriles is 1. The Morgan fingerprint density at radius 1 is 1.29 bits per heavy atom. The summed E-state index contributed by atoms with van der Waals surface area (Å²) in [5, 5.41) is 16.6. The fourth-order valence-corrected chi connectivity index (χ4v) is 1.83. The van der Waals surface area contributed by atoms with E-state index in [-0.39, 0.29) is 0 Å². The zero-order valence-electron chi connectivity index (χ0n) is 9.09. The van der Waals surface area contributed by atoms with Gasteiger partial charge in [0.05, 0.1) is 24.6 Å². The van der Waals surface area contributed by atoms with E-state index in [0.717, 1.165) is 11.0 Å². The van der Waals surface area contributed by atoms with E-state index in [1.54, 1.807) is 4.68 Å². The van der Waals surface area contributed by atoms with Crippen LogP contribution in [0.3, 0.4) is 0 Å². The predicted octanol–water partition coefficient (Wildman–Crippen LogP) is 1.12. The summed E-state index contributed by atoms with van der Waals surface area (Å²) in [7, 11) is 0. The van der Waals surface area contributed by atoms with Gasteiger partial charge in [-0.05, 0) is 0 Å². The molecular weight excluding hydrogens is 220 g/mol. The van der Waals surface area contributed by atoms with E-state index in [1.165, 1.54) is 0 Å². The standard InChI is InChI=1S/C11H10N4O2/c12-2-1-3-15-9-7-11-10(16-4-5-17-11)6-8(9)13-14-15/h6-7H,1,3-5H2. The number of aromatic nitrogens is 3. The Hall–Kier alpha value is -2.29. The molecule has 2 aromatic rings. The van der Waals surface area contributed by atoms with Gasteiger partial charge in [0.25, 0.3) is 0 Å². The molecule has 0 unspecified atom stereocenters. The maximum absolute atomic E-state index is 8.57. The van der Waals surface area contributed by atoms with Crippen molar-refractivity contribution in [3.63, 3.8) is 0 Å². The first-order valence-electron chi connectivity index (χ1n) is 5.38. The van der Waals surface area contributed by atoms with Gasteiger partial charge in [0.15, 0.2) is 11.5 Å². The van der Waals surface area contributed by atoms with Gasteiger partial charge in [-0.3, -0.25) is 0 Å². The van der Waals surface area contributed by atoms with Gasteiger partial charge in [0, 0.05) is 12.1 Å². The Labute approximate surface area is 97.3 Å². The van der Waals surface area contributed by atoms with E-state index in [4.69, 9.17) is 14.7 Å². The Morgan fingerprint density at radius 3 is 2.82 bits per heavy atom. The Kier molecular flexibility index (Phi) is 2.29. The molecule has 6 nitrogen and oxygen atoms in total. The third kappa shape index (κ3) is 1.65. The molecule has 0 amide bonds. The van der Waals surface area contributed by atoms with E-state index in [1.807, 2.05) is 12.1 Å². The molecule has 0 bridgehead atoms. The lowest BCUT2D eigenvalue weighted by atomic mass is 10.2. The first-order chi connectivity index (χ1) is 8.38. The van der Waals surface area contributed by atoms with Crippen LogP contribution in [0.25, 0.3) is 11.0 Å². The molecule has 0 fully saturated rings. The van der Waals surface area contributed by atoms with Crippen LogP contribution in [-0.4, -0.2) is 28.2 Å². The number of rotatable bonds is 2. The summed E-state index contributed by atoms with van der Waals surface area (Å²) in [4.78, 5) is 0. The zero-order chi connectivity index (χ0) is 11.7. The van der Waals surface area contributed by atoms with Crippen LogP contribution in [0.1, 0.15) is 6.42 Å². The number of nitrogens with zero attached hydrogens (tertiary/aromatic N) is 4. The van der Waals surface area contributed by atoms with Crippen molar-refractivity contribution in [1.82, 2.24) is 15.0 Å². The molecule has 0 saturated carbocycles. The molecule has 0 N–H and O–H groups in total. The SMILES string of the molecule is N#CCCn1nnc2cc3c(cc21)OCCO3. The van der Waals surface area contributed by atoms with Crippen molar-refractivity contribution in [3.8, 4) is 17.6 Å². The van der Waals surface area contributed by atoms with Gasteiger partial charge in [-0.25, -0.2) is 4.68 Å². The fraction of sp³-hybridized carbons (Fsp3) is 0.364. The average molecular weight is 230 g/mol. The summed E-state index contributed by atoms with van der Waals surface area (Å²) in [5.74, 6) is 1.42. The number of benzene rings is 1. The first-order valence-corrected chi connectivity index (χ1v) is 5.38. The number of fused-ring (bicyclic) bond motifs is 2. The monoisotopic (exact) mass is 230 g/mol. The van der Waals surface area contributed by atoms with Crippen molar-refractivity contribution >= 4 is 11.0 Å². The highest BCUT2D eigenvalue weighted by Gasteiger charge is 2.15. The van der Waals surface area contributed by atoms with Gasteiger partial charge < -0.3 is 9.47 Å². The summed E-state index contributed by atoms with van der Waals surface area (Å²) in [5.41, 5.74) is 1.62. The number of hydrogen-bond acceptors (Lipinski definition) is 5. The third-order valence-electron chi connectivity index (χ3n) is 2.61. The normalized spacial score (nSPS) is 13.6. The van der Waals surface area contributed by atoms with Crippen molar-refractivity contribution in [1.29, 1.82) is 5.26 Å². The molecule has 1 aliphatic rings. The lowest BCUT2D eigenvalue weighted by molar-refractivity contribution is 0.172. The van der Waals surface area contributed by atoms with Gasteiger partial charge >= 0.3 is 0 Å². The molecule has 6 heteroatoms. The summed E-state index contributed by atoms with van der Waals surface area (Å²) < 4.78 is 12.7. The molecule has 17 heavy (non-hydrogen) atoms. The summed E-state index contributed by atoms with van der Waals surface area (Å²) in [6.45, 7) is 1.64. The minimum absolute atomic E-state index is 0.410. The van der Waals surface area contributed by atoms with Gasteiger partial charge in [-0.15, -0.1) is 5.10 Å². The van der Waals surface area contributed by atoms with Gasteiger partial charge in [0.1, 0.15) is 18.7 Å². The molecule has 1 aromatic carbocycles. The van der Waals surface area contributed by atoms with Gasteiger partial charge in [0.2, 0.25) is 0 Å². The van der Waals surface area contributed by atoms with Crippen LogP contribution < -0.4 is 9.47 Å². The van der Waals surface area contributed by atoms with Crippen molar-refractivity contribution in [2.24, 2.45) is 0 Å². The molecule has 86 valence electrons. The maximum atomic E-state index is 8.57. The molecule has 1 aliphatic heterocycles. The van der Waals surface area contributed by atoms with Crippen molar-refractivity contribution in [2.75, 3.05) is 13.2 Å². The number of ether oxygens (including phenoxy) is 2. The molecule has 1 aromatic heterocycles. The second kappa shape index (κ2) is 3.94.